The highest BCUT2D eigenvalue weighted by molar-refractivity contribution is 7.18. The Morgan fingerprint density at radius 2 is 2.00 bits per heavy atom. The van der Waals surface area contributed by atoms with Crippen molar-refractivity contribution < 1.29 is 9.47 Å². The van der Waals surface area contributed by atoms with Crippen LogP contribution in [0.15, 0.2) is 61.3 Å². The molecule has 0 saturated heterocycles. The molecule has 4 aromatic heterocycles. The Morgan fingerprint density at radius 1 is 1.06 bits per heavy atom. The van der Waals surface area contributed by atoms with E-state index >= 15 is 0 Å². The van der Waals surface area contributed by atoms with Gasteiger partial charge in [0.25, 0.3) is 0 Å². The van der Waals surface area contributed by atoms with E-state index in [4.69, 9.17) is 9.47 Å². The second-order valence-electron chi connectivity index (χ2n) is 7.51. The van der Waals surface area contributed by atoms with Gasteiger partial charge in [-0.2, -0.15) is 0 Å². The summed E-state index contributed by atoms with van der Waals surface area (Å²) >= 11 is 1.71. The van der Waals surface area contributed by atoms with E-state index in [2.05, 4.69) is 32.4 Å². The Hall–Kier alpha value is -3.49. The van der Waals surface area contributed by atoms with Crippen LogP contribution in [0.2, 0.25) is 0 Å². The van der Waals surface area contributed by atoms with Gasteiger partial charge in [-0.25, -0.2) is 15.0 Å². The molecule has 0 amide bonds. The number of fused-ring (bicyclic) bond motifs is 2. The van der Waals surface area contributed by atoms with Gasteiger partial charge in [-0.05, 0) is 55.7 Å². The minimum absolute atomic E-state index is 0.754. The summed E-state index contributed by atoms with van der Waals surface area (Å²) < 4.78 is 13.2. The summed E-state index contributed by atoms with van der Waals surface area (Å²) in [5, 5.41) is 4.48. The Balaban J connectivity index is 1.34. The van der Waals surface area contributed by atoms with Crippen molar-refractivity contribution in [1.29, 1.82) is 0 Å². The van der Waals surface area contributed by atoms with Crippen LogP contribution in [0.1, 0.15) is 16.9 Å². The summed E-state index contributed by atoms with van der Waals surface area (Å²) in [7, 11) is 1.73. The molecule has 0 aliphatic rings. The van der Waals surface area contributed by atoms with Gasteiger partial charge in [0, 0.05) is 48.9 Å². The summed E-state index contributed by atoms with van der Waals surface area (Å²) in [6, 6.07) is 12.0. The largest absolute Gasteiger partial charge is 0.457 e. The lowest BCUT2D eigenvalue weighted by molar-refractivity contribution is 0.195. The summed E-state index contributed by atoms with van der Waals surface area (Å²) in [4.78, 5) is 15.5. The average Bonchev–Trinajstić information content (AvgIpc) is 3.42. The van der Waals surface area contributed by atoms with E-state index in [9.17, 15) is 0 Å². The summed E-state index contributed by atoms with van der Waals surface area (Å²) in [6.07, 6.45) is 9.19. The van der Waals surface area contributed by atoms with E-state index in [1.54, 1.807) is 31.0 Å². The molecule has 1 aromatic carbocycles. The molecular weight excluding hydrogens is 422 g/mol. The highest BCUT2D eigenvalue weighted by Crippen LogP contribution is 2.32. The molecule has 8 heteroatoms. The molecule has 0 fully saturated rings. The maximum absolute atomic E-state index is 6.10. The minimum Gasteiger partial charge on any atom is -0.457 e. The van der Waals surface area contributed by atoms with Crippen molar-refractivity contribution in [1.82, 2.24) is 19.4 Å². The van der Waals surface area contributed by atoms with Crippen LogP contribution in [0.4, 0.5) is 11.5 Å². The van der Waals surface area contributed by atoms with Crippen LogP contribution in [0.25, 0.3) is 15.9 Å². The molecule has 1 N–H and O–H groups in total. The zero-order chi connectivity index (χ0) is 21.9. The molecule has 0 radical (unpaired) electrons. The third-order valence-electron chi connectivity index (χ3n) is 5.19. The predicted molar refractivity (Wildman–Crippen MR) is 127 cm³/mol. The van der Waals surface area contributed by atoms with Crippen molar-refractivity contribution in [2.45, 2.75) is 19.8 Å². The highest BCUT2D eigenvalue weighted by atomic mass is 32.1. The monoisotopic (exact) mass is 445 g/mol. The third-order valence-corrected chi connectivity index (χ3v) is 6.29. The van der Waals surface area contributed by atoms with Gasteiger partial charge in [-0.1, -0.05) is 0 Å². The number of thiophene rings is 1. The molecule has 0 saturated carbocycles. The quantitative estimate of drug-likeness (QED) is 0.306. The Morgan fingerprint density at radius 3 is 2.88 bits per heavy atom. The standard InChI is InChI=1S/C24H23N5O2S/c1-16-12-17(5-6-21(16)31-18-7-9-29-10-8-25-22(29)13-18)28-23-20-14-19(4-3-11-30-2)32-24(20)27-15-26-23/h5-10,12-15H,3-4,11H2,1-2H3,(H,26,27,28). The lowest BCUT2D eigenvalue weighted by Gasteiger charge is -2.12. The molecule has 0 aliphatic carbocycles. The minimum atomic E-state index is 0.754. The van der Waals surface area contributed by atoms with Gasteiger partial charge in [0.15, 0.2) is 0 Å². The lowest BCUT2D eigenvalue weighted by Crippen LogP contribution is -1.96. The number of anilines is 2. The van der Waals surface area contributed by atoms with Crippen molar-refractivity contribution in [2.24, 2.45) is 0 Å². The number of imidazole rings is 1. The molecular formula is C24H23N5O2S. The van der Waals surface area contributed by atoms with Gasteiger partial charge in [0.1, 0.15) is 34.1 Å². The van der Waals surface area contributed by atoms with Crippen LogP contribution in [-0.2, 0) is 11.2 Å². The Labute approximate surface area is 189 Å². The van der Waals surface area contributed by atoms with Crippen molar-refractivity contribution in [3.05, 3.63) is 71.8 Å². The summed E-state index contributed by atoms with van der Waals surface area (Å²) in [5.74, 6) is 2.36. The number of aromatic nitrogens is 4. The van der Waals surface area contributed by atoms with E-state index in [-0.39, 0.29) is 0 Å². The van der Waals surface area contributed by atoms with E-state index in [1.165, 1.54) is 4.88 Å². The van der Waals surface area contributed by atoms with E-state index in [0.717, 1.165) is 63.9 Å². The number of nitrogens with one attached hydrogen (secondary N) is 1. The predicted octanol–water partition coefficient (Wildman–Crippen LogP) is 5.76. The molecule has 32 heavy (non-hydrogen) atoms. The Bertz CT molecular complexity index is 1380. The molecule has 5 rings (SSSR count). The molecule has 0 spiro atoms. The fraction of sp³-hybridized carbons (Fsp3) is 0.208. The van der Waals surface area contributed by atoms with Crippen LogP contribution in [0.3, 0.4) is 0 Å². The fourth-order valence-electron chi connectivity index (χ4n) is 3.58. The smallest absolute Gasteiger partial charge is 0.142 e. The second kappa shape index (κ2) is 8.94. The van der Waals surface area contributed by atoms with Crippen LogP contribution >= 0.6 is 11.3 Å². The van der Waals surface area contributed by atoms with Gasteiger partial charge in [0.2, 0.25) is 0 Å². The molecule has 0 aliphatic heterocycles. The van der Waals surface area contributed by atoms with Gasteiger partial charge in [0.05, 0.1) is 5.39 Å². The zero-order valence-corrected chi connectivity index (χ0v) is 18.7. The number of rotatable bonds is 8. The first kappa shape index (κ1) is 20.4. The summed E-state index contributed by atoms with van der Waals surface area (Å²) in [6.45, 7) is 2.79. The number of nitrogens with zero attached hydrogens (tertiary/aromatic N) is 4. The number of benzene rings is 1. The van der Waals surface area contributed by atoms with E-state index < -0.39 is 0 Å². The van der Waals surface area contributed by atoms with Crippen LogP contribution in [0, 0.1) is 6.92 Å². The number of methoxy groups -OCH3 is 1. The van der Waals surface area contributed by atoms with Gasteiger partial charge in [-0.15, -0.1) is 11.3 Å². The Kier molecular flexibility index (Phi) is 5.70. The first-order chi connectivity index (χ1) is 15.7. The lowest BCUT2D eigenvalue weighted by atomic mass is 10.2. The van der Waals surface area contributed by atoms with Crippen LogP contribution in [-0.4, -0.2) is 33.1 Å². The molecule has 4 heterocycles. The molecule has 0 bridgehead atoms. The topological polar surface area (TPSA) is 73.6 Å². The molecule has 7 nitrogen and oxygen atoms in total. The van der Waals surface area contributed by atoms with Gasteiger partial charge in [-0.3, -0.25) is 0 Å². The van der Waals surface area contributed by atoms with Gasteiger partial charge >= 0.3 is 0 Å². The fourth-order valence-corrected chi connectivity index (χ4v) is 4.62. The number of aryl methyl sites for hydroxylation is 2. The van der Waals surface area contributed by atoms with Crippen molar-refractivity contribution >= 4 is 38.7 Å². The number of pyridine rings is 1. The van der Waals surface area contributed by atoms with Crippen LogP contribution < -0.4 is 10.1 Å². The van der Waals surface area contributed by atoms with Crippen LogP contribution in [0.5, 0.6) is 11.5 Å². The maximum atomic E-state index is 6.10. The van der Waals surface area contributed by atoms with Crippen molar-refractivity contribution in [3.63, 3.8) is 0 Å². The average molecular weight is 446 g/mol. The normalized spacial score (nSPS) is 11.3. The number of ether oxygens (including phenoxy) is 2. The van der Waals surface area contributed by atoms with Crippen molar-refractivity contribution in [2.75, 3.05) is 19.0 Å². The SMILES string of the molecule is COCCCc1cc2c(Nc3ccc(Oc4ccn5ccnc5c4)c(C)c3)ncnc2s1. The first-order valence-corrected chi connectivity index (χ1v) is 11.2. The first-order valence-electron chi connectivity index (χ1n) is 10.4. The molecule has 0 unspecified atom stereocenters. The third kappa shape index (κ3) is 4.28. The maximum Gasteiger partial charge on any atom is 0.142 e. The molecule has 5 aromatic rings. The van der Waals surface area contributed by atoms with E-state index in [0.29, 0.717) is 0 Å². The van der Waals surface area contributed by atoms with E-state index in [1.807, 2.05) is 48.0 Å². The second-order valence-corrected chi connectivity index (χ2v) is 8.63. The van der Waals surface area contributed by atoms with Gasteiger partial charge < -0.3 is 19.2 Å². The number of hydrogen-bond donors (Lipinski definition) is 1. The number of hydrogen-bond acceptors (Lipinski definition) is 7. The molecule has 0 atom stereocenters. The summed E-state index contributed by atoms with van der Waals surface area (Å²) in [5.41, 5.74) is 2.82. The van der Waals surface area contributed by atoms with Crippen molar-refractivity contribution in [3.8, 4) is 11.5 Å². The highest BCUT2D eigenvalue weighted by Gasteiger charge is 2.10. The molecule has 162 valence electrons. The zero-order valence-electron chi connectivity index (χ0n) is 17.9.